The first-order chi connectivity index (χ1) is 14.5. The van der Waals surface area contributed by atoms with E-state index in [-0.39, 0.29) is 24.0 Å². The van der Waals surface area contributed by atoms with Gasteiger partial charge in [-0.15, -0.1) is 0 Å². The number of nitrogens with zero attached hydrogens (tertiary/aromatic N) is 1. The van der Waals surface area contributed by atoms with Gasteiger partial charge < -0.3 is 5.73 Å². The number of unbranched alkanes of at least 4 members (excludes halogenated alkanes) is 6. The molecule has 0 aliphatic carbocycles. The molecule has 1 saturated heterocycles. The van der Waals surface area contributed by atoms with Crippen molar-refractivity contribution < 1.29 is 19.2 Å². The fourth-order valence-electron chi connectivity index (χ4n) is 3.84. The number of amides is 4. The maximum atomic E-state index is 13.0. The molecule has 30 heavy (non-hydrogen) atoms. The van der Waals surface area contributed by atoms with Crippen LogP contribution in [0.4, 0.5) is 0 Å². The van der Waals surface area contributed by atoms with Gasteiger partial charge in [-0.05, 0) is 37.9 Å². The van der Waals surface area contributed by atoms with Gasteiger partial charge in [-0.2, -0.15) is 0 Å². The van der Waals surface area contributed by atoms with E-state index in [2.05, 4.69) is 17.2 Å². The molecule has 7 heteroatoms. The largest absolute Gasteiger partial charge is 0.330 e. The summed E-state index contributed by atoms with van der Waals surface area (Å²) in [5.41, 5.74) is 6.50. The number of carbonyl (C=O) groups excluding carboxylic acids is 4. The molecule has 0 saturated carbocycles. The third kappa shape index (κ3) is 4.77. The highest BCUT2D eigenvalue weighted by atomic mass is 16.2. The topological polar surface area (TPSA) is 110 Å². The van der Waals surface area contributed by atoms with E-state index >= 15 is 0 Å². The number of nitrogens with one attached hydrogen (secondary N) is 1. The zero-order valence-corrected chi connectivity index (χ0v) is 17.0. The van der Waals surface area contributed by atoms with Crippen molar-refractivity contribution in [3.8, 4) is 11.8 Å². The molecule has 4 amide bonds. The lowest BCUT2D eigenvalue weighted by molar-refractivity contribution is -0.136. The fraction of sp³-hybridized carbons (Fsp3) is 0.478. The van der Waals surface area contributed by atoms with Crippen LogP contribution in [0.3, 0.4) is 0 Å². The van der Waals surface area contributed by atoms with Gasteiger partial charge in [-0.25, -0.2) is 0 Å². The molecule has 0 aromatic heterocycles. The van der Waals surface area contributed by atoms with E-state index in [1.807, 2.05) is 0 Å². The van der Waals surface area contributed by atoms with Crippen molar-refractivity contribution >= 4 is 23.6 Å². The molecule has 3 rings (SSSR count). The van der Waals surface area contributed by atoms with Crippen LogP contribution in [-0.2, 0) is 9.59 Å². The molecular weight excluding hydrogens is 382 g/mol. The Morgan fingerprint density at radius 2 is 1.73 bits per heavy atom. The van der Waals surface area contributed by atoms with Crippen LogP contribution in [0, 0.1) is 11.8 Å². The van der Waals surface area contributed by atoms with Gasteiger partial charge in [0.15, 0.2) is 0 Å². The molecule has 1 unspecified atom stereocenters. The molecule has 1 atom stereocenters. The van der Waals surface area contributed by atoms with Crippen LogP contribution < -0.4 is 11.1 Å². The van der Waals surface area contributed by atoms with Crippen molar-refractivity contribution in [2.75, 3.05) is 6.54 Å². The van der Waals surface area contributed by atoms with Crippen molar-refractivity contribution in [1.29, 1.82) is 0 Å². The summed E-state index contributed by atoms with van der Waals surface area (Å²) >= 11 is 0. The minimum absolute atomic E-state index is 0.0999. The quantitative estimate of drug-likeness (QED) is 0.388. The van der Waals surface area contributed by atoms with Crippen LogP contribution in [0.2, 0.25) is 0 Å². The van der Waals surface area contributed by atoms with Gasteiger partial charge in [0.2, 0.25) is 11.8 Å². The van der Waals surface area contributed by atoms with Gasteiger partial charge in [0, 0.05) is 18.4 Å². The van der Waals surface area contributed by atoms with E-state index < -0.39 is 29.7 Å². The molecule has 158 valence electrons. The molecule has 7 nitrogen and oxygen atoms in total. The monoisotopic (exact) mass is 409 g/mol. The number of carbonyl (C=O) groups is 4. The number of piperidine rings is 1. The van der Waals surface area contributed by atoms with E-state index in [1.54, 1.807) is 18.2 Å². The summed E-state index contributed by atoms with van der Waals surface area (Å²) in [7, 11) is 0. The Hall–Kier alpha value is -2.98. The Labute approximate surface area is 176 Å². The minimum atomic E-state index is -0.963. The first kappa shape index (κ1) is 21.7. The summed E-state index contributed by atoms with van der Waals surface area (Å²) < 4.78 is 0. The first-order valence-electron chi connectivity index (χ1n) is 10.6. The Morgan fingerprint density at radius 1 is 1.00 bits per heavy atom. The van der Waals surface area contributed by atoms with Gasteiger partial charge in [0.25, 0.3) is 11.8 Å². The lowest BCUT2D eigenvalue weighted by Crippen LogP contribution is -2.54. The summed E-state index contributed by atoms with van der Waals surface area (Å²) in [6.07, 6.45) is 7.64. The zero-order valence-electron chi connectivity index (χ0n) is 17.0. The van der Waals surface area contributed by atoms with Gasteiger partial charge in [0.1, 0.15) is 6.04 Å². The van der Waals surface area contributed by atoms with Gasteiger partial charge in [-0.1, -0.05) is 43.6 Å². The Bertz CT molecular complexity index is 913. The SMILES string of the molecule is NCCCCCCCCC#Cc1cccc2c1C(=O)N(C1CCC(=O)NC1=O)C2=O. The smallest absolute Gasteiger partial charge is 0.263 e. The Balaban J connectivity index is 1.64. The van der Waals surface area contributed by atoms with Crippen LogP contribution in [0.5, 0.6) is 0 Å². The second kappa shape index (κ2) is 10.2. The number of hydrogen-bond acceptors (Lipinski definition) is 5. The second-order valence-corrected chi connectivity index (χ2v) is 7.64. The average molecular weight is 409 g/mol. The molecule has 3 N–H and O–H groups in total. The summed E-state index contributed by atoms with van der Waals surface area (Å²) in [4.78, 5) is 50.3. The Morgan fingerprint density at radius 3 is 2.47 bits per heavy atom. The fourth-order valence-corrected chi connectivity index (χ4v) is 3.84. The average Bonchev–Trinajstić information content (AvgIpc) is 2.98. The highest BCUT2D eigenvalue weighted by Gasteiger charge is 2.45. The Kier molecular flexibility index (Phi) is 7.36. The molecule has 2 heterocycles. The number of rotatable bonds is 8. The predicted octanol–water partition coefficient (Wildman–Crippen LogP) is 2.13. The third-order valence-corrected chi connectivity index (χ3v) is 5.45. The number of hydrogen-bond donors (Lipinski definition) is 2. The van der Waals surface area contributed by atoms with Crippen LogP contribution in [-0.4, -0.2) is 41.1 Å². The summed E-state index contributed by atoms with van der Waals surface area (Å²) in [6.45, 7) is 0.745. The third-order valence-electron chi connectivity index (χ3n) is 5.45. The van der Waals surface area contributed by atoms with Crippen molar-refractivity contribution in [2.24, 2.45) is 5.73 Å². The van der Waals surface area contributed by atoms with Crippen molar-refractivity contribution in [2.45, 2.75) is 63.8 Å². The van der Waals surface area contributed by atoms with E-state index in [0.29, 0.717) is 5.56 Å². The first-order valence-corrected chi connectivity index (χ1v) is 10.6. The minimum Gasteiger partial charge on any atom is -0.330 e. The van der Waals surface area contributed by atoms with E-state index in [4.69, 9.17) is 5.73 Å². The van der Waals surface area contributed by atoms with Crippen LogP contribution >= 0.6 is 0 Å². The van der Waals surface area contributed by atoms with Crippen molar-refractivity contribution in [1.82, 2.24) is 10.2 Å². The number of benzene rings is 1. The molecular formula is C23H27N3O4. The van der Waals surface area contributed by atoms with Crippen molar-refractivity contribution in [3.05, 3.63) is 34.9 Å². The normalized spacial score (nSPS) is 18.2. The highest BCUT2D eigenvalue weighted by molar-refractivity contribution is 6.24. The maximum absolute atomic E-state index is 13.0. The molecule has 0 bridgehead atoms. The van der Waals surface area contributed by atoms with Crippen LogP contribution in [0.15, 0.2) is 18.2 Å². The number of imide groups is 2. The van der Waals surface area contributed by atoms with Gasteiger partial charge in [0.05, 0.1) is 11.1 Å². The van der Waals surface area contributed by atoms with E-state index in [9.17, 15) is 19.2 Å². The molecule has 2 aliphatic rings. The molecule has 1 fully saturated rings. The highest BCUT2D eigenvalue weighted by Crippen LogP contribution is 2.29. The number of nitrogens with two attached hydrogens (primary N) is 1. The van der Waals surface area contributed by atoms with E-state index in [1.165, 1.54) is 6.42 Å². The molecule has 1 aromatic carbocycles. The number of fused-ring (bicyclic) bond motifs is 1. The lowest BCUT2D eigenvalue weighted by Gasteiger charge is -2.27. The maximum Gasteiger partial charge on any atom is 0.263 e. The molecule has 2 aliphatic heterocycles. The summed E-state index contributed by atoms with van der Waals surface area (Å²) in [5, 5.41) is 2.20. The summed E-state index contributed by atoms with van der Waals surface area (Å²) in [5.74, 6) is 4.10. The van der Waals surface area contributed by atoms with Gasteiger partial charge >= 0.3 is 0 Å². The zero-order chi connectivity index (χ0) is 21.5. The van der Waals surface area contributed by atoms with Crippen LogP contribution in [0.25, 0.3) is 0 Å². The predicted molar refractivity (Wildman–Crippen MR) is 111 cm³/mol. The van der Waals surface area contributed by atoms with E-state index in [0.717, 1.165) is 50.0 Å². The van der Waals surface area contributed by atoms with Crippen molar-refractivity contribution in [3.63, 3.8) is 0 Å². The van der Waals surface area contributed by atoms with Gasteiger partial charge in [-0.3, -0.25) is 29.4 Å². The molecule has 0 radical (unpaired) electrons. The standard InChI is InChI=1S/C23H27N3O4/c24-15-8-6-4-2-1-3-5-7-10-16-11-9-12-17-20(16)23(30)26(22(17)29)18-13-14-19(27)25-21(18)28/h9,11-12,18H,1-6,8,13-15,24H2,(H,25,27,28). The molecule has 0 spiro atoms. The molecule has 1 aromatic rings. The summed E-state index contributed by atoms with van der Waals surface area (Å²) in [6, 6.07) is 4.03. The second-order valence-electron chi connectivity index (χ2n) is 7.64. The van der Waals surface area contributed by atoms with Crippen LogP contribution in [0.1, 0.15) is 84.1 Å². The lowest BCUT2D eigenvalue weighted by atomic mass is 10.0.